The van der Waals surface area contributed by atoms with E-state index in [2.05, 4.69) is 25.8 Å². The topological polar surface area (TPSA) is 49.3 Å². The molecule has 1 unspecified atom stereocenters. The second-order valence-electron chi connectivity index (χ2n) is 5.44. The second-order valence-corrected chi connectivity index (χ2v) is 7.00. The first-order chi connectivity index (χ1) is 9.52. The van der Waals surface area contributed by atoms with E-state index in [0.717, 1.165) is 62.2 Å². The van der Waals surface area contributed by atoms with Crippen molar-refractivity contribution in [2.24, 2.45) is 0 Å². The zero-order valence-electron chi connectivity index (χ0n) is 12.6. The van der Waals surface area contributed by atoms with Crippen LogP contribution in [0.2, 0.25) is 0 Å². The molecule has 1 aromatic rings. The molecule has 2 heterocycles. The maximum atomic E-state index is 11.1. The van der Waals surface area contributed by atoms with Gasteiger partial charge in [-0.25, -0.2) is 9.97 Å². The molecule has 0 aromatic carbocycles. The largest absolute Gasteiger partial charge is 0.300 e. The number of piperazine rings is 1. The Morgan fingerprint density at radius 3 is 2.40 bits per heavy atom. The highest BCUT2D eigenvalue weighted by molar-refractivity contribution is 7.84. The Labute approximate surface area is 123 Å². The summed E-state index contributed by atoms with van der Waals surface area (Å²) < 4.78 is 11.1. The maximum Gasteiger partial charge on any atom is 0.125 e. The van der Waals surface area contributed by atoms with Gasteiger partial charge in [0.15, 0.2) is 0 Å². The zero-order valence-corrected chi connectivity index (χ0v) is 13.4. The Balaban J connectivity index is 1.80. The highest BCUT2D eigenvalue weighted by Gasteiger charge is 2.17. The van der Waals surface area contributed by atoms with E-state index in [4.69, 9.17) is 0 Å². The lowest BCUT2D eigenvalue weighted by molar-refractivity contribution is 0.131. The van der Waals surface area contributed by atoms with Crippen molar-refractivity contribution in [2.75, 3.05) is 44.7 Å². The predicted molar refractivity (Wildman–Crippen MR) is 82.2 cm³/mol. The van der Waals surface area contributed by atoms with Gasteiger partial charge in [0, 0.05) is 67.8 Å². The molecule has 1 aliphatic rings. The minimum absolute atomic E-state index is 0.685. The second kappa shape index (κ2) is 7.24. The van der Waals surface area contributed by atoms with E-state index in [1.807, 2.05) is 13.8 Å². The molecule has 0 radical (unpaired) electrons. The van der Waals surface area contributed by atoms with Crippen LogP contribution in [0.15, 0.2) is 6.07 Å². The molecule has 1 aromatic heterocycles. The molecule has 0 N–H and O–H groups in total. The summed E-state index contributed by atoms with van der Waals surface area (Å²) in [5, 5.41) is 0. The lowest BCUT2D eigenvalue weighted by Crippen LogP contribution is -2.47. The average molecular weight is 296 g/mol. The standard InChI is InChI=1S/C14H24N4OS/c1-12-10-14(16-13(2)15-12)11-18-6-4-17(5-7-18)8-9-20(3)19/h10H,4-9,11H2,1-3H3. The number of aromatic nitrogens is 2. The molecule has 1 atom stereocenters. The third-order valence-electron chi connectivity index (χ3n) is 3.56. The smallest absolute Gasteiger partial charge is 0.125 e. The SMILES string of the molecule is Cc1cc(CN2CCN(CCS(C)=O)CC2)nc(C)n1. The molecule has 20 heavy (non-hydrogen) atoms. The minimum Gasteiger partial charge on any atom is -0.300 e. The Morgan fingerprint density at radius 2 is 1.80 bits per heavy atom. The van der Waals surface area contributed by atoms with Crippen molar-refractivity contribution in [1.82, 2.24) is 19.8 Å². The fourth-order valence-electron chi connectivity index (χ4n) is 2.53. The molecule has 5 nitrogen and oxygen atoms in total. The van der Waals surface area contributed by atoms with Gasteiger partial charge in [-0.05, 0) is 19.9 Å². The van der Waals surface area contributed by atoms with Crippen LogP contribution in [0.1, 0.15) is 17.2 Å². The minimum atomic E-state index is -0.685. The molecule has 0 bridgehead atoms. The zero-order chi connectivity index (χ0) is 14.5. The molecule has 1 aliphatic heterocycles. The summed E-state index contributed by atoms with van der Waals surface area (Å²) in [4.78, 5) is 13.6. The summed E-state index contributed by atoms with van der Waals surface area (Å²) in [6, 6.07) is 2.07. The monoisotopic (exact) mass is 296 g/mol. The Bertz CT molecular complexity index is 452. The van der Waals surface area contributed by atoms with Crippen LogP contribution < -0.4 is 0 Å². The molecule has 2 rings (SSSR count). The van der Waals surface area contributed by atoms with Crippen LogP contribution in [-0.4, -0.2) is 68.7 Å². The molecule has 0 aliphatic carbocycles. The Hall–Kier alpha value is -0.850. The molecule has 6 heteroatoms. The van der Waals surface area contributed by atoms with Gasteiger partial charge in [0.25, 0.3) is 0 Å². The van der Waals surface area contributed by atoms with Crippen molar-refractivity contribution in [3.63, 3.8) is 0 Å². The van der Waals surface area contributed by atoms with Gasteiger partial charge in [-0.1, -0.05) is 0 Å². The van der Waals surface area contributed by atoms with E-state index in [0.29, 0.717) is 0 Å². The lowest BCUT2D eigenvalue weighted by atomic mass is 10.2. The molecule has 1 fully saturated rings. The Kier molecular flexibility index (Phi) is 5.63. The van der Waals surface area contributed by atoms with Crippen molar-refractivity contribution in [3.8, 4) is 0 Å². The van der Waals surface area contributed by atoms with Crippen molar-refractivity contribution in [2.45, 2.75) is 20.4 Å². The first kappa shape index (κ1) is 15.5. The Morgan fingerprint density at radius 1 is 1.15 bits per heavy atom. The van der Waals surface area contributed by atoms with Crippen LogP contribution in [0.4, 0.5) is 0 Å². The molecule has 0 amide bonds. The van der Waals surface area contributed by atoms with Gasteiger partial charge in [0.2, 0.25) is 0 Å². The van der Waals surface area contributed by atoms with Crippen LogP contribution in [0, 0.1) is 13.8 Å². The van der Waals surface area contributed by atoms with E-state index in [1.54, 1.807) is 6.26 Å². The van der Waals surface area contributed by atoms with E-state index in [1.165, 1.54) is 0 Å². The summed E-state index contributed by atoms with van der Waals surface area (Å²) in [5.74, 6) is 1.63. The van der Waals surface area contributed by atoms with Crippen molar-refractivity contribution < 1.29 is 4.21 Å². The fourth-order valence-corrected chi connectivity index (χ4v) is 3.05. The van der Waals surface area contributed by atoms with Gasteiger partial charge >= 0.3 is 0 Å². The predicted octanol–water partition coefficient (Wildman–Crippen LogP) is 0.590. The highest BCUT2D eigenvalue weighted by Crippen LogP contribution is 2.08. The van der Waals surface area contributed by atoms with Crippen LogP contribution in [-0.2, 0) is 17.3 Å². The van der Waals surface area contributed by atoms with Crippen LogP contribution >= 0.6 is 0 Å². The number of rotatable bonds is 5. The summed E-state index contributed by atoms with van der Waals surface area (Å²) in [6.45, 7) is 10.0. The summed E-state index contributed by atoms with van der Waals surface area (Å²) in [7, 11) is -0.685. The number of hydrogen-bond acceptors (Lipinski definition) is 5. The molecule has 0 saturated carbocycles. The van der Waals surface area contributed by atoms with E-state index in [9.17, 15) is 4.21 Å². The van der Waals surface area contributed by atoms with Gasteiger partial charge in [0.05, 0.1) is 5.69 Å². The lowest BCUT2D eigenvalue weighted by Gasteiger charge is -2.34. The molecular weight excluding hydrogens is 272 g/mol. The van der Waals surface area contributed by atoms with Gasteiger partial charge in [0.1, 0.15) is 5.82 Å². The maximum absolute atomic E-state index is 11.1. The van der Waals surface area contributed by atoms with Gasteiger partial charge < -0.3 is 0 Å². The molecule has 0 spiro atoms. The van der Waals surface area contributed by atoms with E-state index >= 15 is 0 Å². The summed E-state index contributed by atoms with van der Waals surface area (Å²) in [5.41, 5.74) is 2.15. The van der Waals surface area contributed by atoms with Crippen LogP contribution in [0.3, 0.4) is 0 Å². The first-order valence-corrected chi connectivity index (χ1v) is 8.81. The van der Waals surface area contributed by atoms with Gasteiger partial charge in [-0.15, -0.1) is 0 Å². The number of nitrogens with zero attached hydrogens (tertiary/aromatic N) is 4. The summed E-state index contributed by atoms with van der Waals surface area (Å²) >= 11 is 0. The quantitative estimate of drug-likeness (QED) is 0.796. The van der Waals surface area contributed by atoms with E-state index in [-0.39, 0.29) is 0 Å². The first-order valence-electron chi connectivity index (χ1n) is 7.09. The van der Waals surface area contributed by atoms with Crippen molar-refractivity contribution >= 4 is 10.8 Å². The van der Waals surface area contributed by atoms with E-state index < -0.39 is 10.8 Å². The van der Waals surface area contributed by atoms with Crippen molar-refractivity contribution in [3.05, 3.63) is 23.3 Å². The third-order valence-corrected chi connectivity index (χ3v) is 4.32. The highest BCUT2D eigenvalue weighted by atomic mass is 32.2. The van der Waals surface area contributed by atoms with Gasteiger partial charge in [-0.2, -0.15) is 0 Å². The normalized spacial score (nSPS) is 19.1. The van der Waals surface area contributed by atoms with Crippen LogP contribution in [0.5, 0.6) is 0 Å². The van der Waals surface area contributed by atoms with Crippen molar-refractivity contribution in [1.29, 1.82) is 0 Å². The summed E-state index contributed by atoms with van der Waals surface area (Å²) in [6.07, 6.45) is 1.77. The fraction of sp³-hybridized carbons (Fsp3) is 0.714. The number of aryl methyl sites for hydroxylation is 2. The number of hydrogen-bond donors (Lipinski definition) is 0. The molecular formula is C14H24N4OS. The molecule has 1 saturated heterocycles. The average Bonchev–Trinajstić information content (AvgIpc) is 2.36. The third kappa shape index (κ3) is 4.92. The van der Waals surface area contributed by atoms with Gasteiger partial charge in [-0.3, -0.25) is 14.0 Å². The molecule has 112 valence electrons. The van der Waals surface area contributed by atoms with Crippen LogP contribution in [0.25, 0.3) is 0 Å².